The van der Waals surface area contributed by atoms with Crippen molar-refractivity contribution in [3.8, 4) is 5.75 Å². The van der Waals surface area contributed by atoms with Crippen LogP contribution in [-0.4, -0.2) is 48.2 Å². The summed E-state index contributed by atoms with van der Waals surface area (Å²) in [6.07, 6.45) is 0. The van der Waals surface area contributed by atoms with E-state index in [1.165, 1.54) is 20.3 Å². The lowest BCUT2D eigenvalue weighted by atomic mass is 10.2. The maximum atomic E-state index is 12.1. The zero-order valence-corrected chi connectivity index (χ0v) is 13.1. The van der Waals surface area contributed by atoms with E-state index in [4.69, 9.17) is 9.47 Å². The van der Waals surface area contributed by atoms with E-state index in [0.717, 1.165) is 0 Å². The largest absolute Gasteiger partial charge is 0.497 e. The standard InChI is InChI=1S/C13H20N2O5S/c1-10-8-11(20-3)4-5-12(10)21(17,18)15-9-13(16)14-6-7-19-2/h4-5,8,15H,6-7,9H2,1-3H3,(H,14,16). The summed E-state index contributed by atoms with van der Waals surface area (Å²) in [4.78, 5) is 11.6. The molecule has 0 aliphatic rings. The summed E-state index contributed by atoms with van der Waals surface area (Å²) >= 11 is 0. The number of carbonyl (C=O) groups is 1. The van der Waals surface area contributed by atoms with E-state index in [0.29, 0.717) is 24.5 Å². The molecule has 0 aliphatic heterocycles. The van der Waals surface area contributed by atoms with Gasteiger partial charge in [-0.3, -0.25) is 4.79 Å². The zero-order valence-electron chi connectivity index (χ0n) is 12.3. The van der Waals surface area contributed by atoms with Crippen LogP contribution >= 0.6 is 0 Å². The van der Waals surface area contributed by atoms with Gasteiger partial charge >= 0.3 is 0 Å². The van der Waals surface area contributed by atoms with E-state index in [-0.39, 0.29) is 11.4 Å². The molecule has 7 nitrogen and oxygen atoms in total. The number of sulfonamides is 1. The molecule has 1 amide bonds. The number of carbonyl (C=O) groups excluding carboxylic acids is 1. The van der Waals surface area contributed by atoms with Gasteiger partial charge in [-0.25, -0.2) is 13.1 Å². The Morgan fingerprint density at radius 3 is 2.57 bits per heavy atom. The van der Waals surface area contributed by atoms with Crippen LogP contribution in [0.5, 0.6) is 5.75 Å². The molecule has 0 aromatic heterocycles. The van der Waals surface area contributed by atoms with Gasteiger partial charge < -0.3 is 14.8 Å². The summed E-state index contributed by atoms with van der Waals surface area (Å²) in [5.41, 5.74) is 0.543. The van der Waals surface area contributed by atoms with E-state index < -0.39 is 15.9 Å². The highest BCUT2D eigenvalue weighted by atomic mass is 32.2. The molecule has 1 aromatic carbocycles. The molecule has 118 valence electrons. The van der Waals surface area contributed by atoms with Crippen LogP contribution in [0.1, 0.15) is 5.56 Å². The van der Waals surface area contributed by atoms with Crippen LogP contribution in [-0.2, 0) is 19.6 Å². The molecule has 0 saturated carbocycles. The predicted molar refractivity (Wildman–Crippen MR) is 77.8 cm³/mol. The second kappa shape index (κ2) is 7.96. The van der Waals surface area contributed by atoms with Gasteiger partial charge in [0.25, 0.3) is 0 Å². The summed E-state index contributed by atoms with van der Waals surface area (Å²) in [6, 6.07) is 4.62. The summed E-state index contributed by atoms with van der Waals surface area (Å²) in [6.45, 7) is 2.04. The van der Waals surface area contributed by atoms with Gasteiger partial charge in [-0.1, -0.05) is 0 Å². The van der Waals surface area contributed by atoms with Gasteiger partial charge in [0.2, 0.25) is 15.9 Å². The van der Waals surface area contributed by atoms with E-state index in [1.807, 2.05) is 0 Å². The molecule has 0 unspecified atom stereocenters. The first-order chi connectivity index (χ1) is 9.90. The number of benzene rings is 1. The molecule has 0 aliphatic carbocycles. The first kappa shape index (κ1) is 17.4. The summed E-state index contributed by atoms with van der Waals surface area (Å²) < 4.78 is 36.3. The normalized spacial score (nSPS) is 11.2. The average molecular weight is 316 g/mol. The van der Waals surface area contributed by atoms with Crippen molar-refractivity contribution in [2.75, 3.05) is 33.9 Å². The Balaban J connectivity index is 2.67. The van der Waals surface area contributed by atoms with Crippen molar-refractivity contribution >= 4 is 15.9 Å². The molecule has 0 atom stereocenters. The van der Waals surface area contributed by atoms with Crippen molar-refractivity contribution in [2.45, 2.75) is 11.8 Å². The molecule has 0 saturated heterocycles. The van der Waals surface area contributed by atoms with E-state index in [9.17, 15) is 13.2 Å². The maximum Gasteiger partial charge on any atom is 0.241 e. The molecule has 0 heterocycles. The number of hydrogen-bond acceptors (Lipinski definition) is 5. The lowest BCUT2D eigenvalue weighted by Gasteiger charge is -2.10. The second-order valence-electron chi connectivity index (χ2n) is 4.30. The Bertz CT molecular complexity index is 586. The Morgan fingerprint density at radius 1 is 1.29 bits per heavy atom. The number of nitrogens with one attached hydrogen (secondary N) is 2. The second-order valence-corrected chi connectivity index (χ2v) is 6.03. The average Bonchev–Trinajstić information content (AvgIpc) is 2.45. The van der Waals surface area contributed by atoms with Crippen LogP contribution in [0.15, 0.2) is 23.1 Å². The molecular weight excluding hydrogens is 296 g/mol. The van der Waals surface area contributed by atoms with E-state index in [2.05, 4.69) is 10.0 Å². The zero-order chi connectivity index (χ0) is 15.9. The SMILES string of the molecule is COCCNC(=O)CNS(=O)(=O)c1ccc(OC)cc1C. The highest BCUT2D eigenvalue weighted by Crippen LogP contribution is 2.20. The summed E-state index contributed by atoms with van der Waals surface area (Å²) in [5.74, 6) is 0.158. The number of ether oxygens (including phenoxy) is 2. The first-order valence-corrected chi connectivity index (χ1v) is 7.79. The fourth-order valence-corrected chi connectivity index (χ4v) is 2.85. The highest BCUT2D eigenvalue weighted by Gasteiger charge is 2.18. The molecule has 0 spiro atoms. The Hall–Kier alpha value is -1.64. The van der Waals surface area contributed by atoms with Gasteiger partial charge in [0, 0.05) is 13.7 Å². The van der Waals surface area contributed by atoms with Crippen molar-refractivity contribution in [3.63, 3.8) is 0 Å². The minimum atomic E-state index is -3.74. The van der Waals surface area contributed by atoms with Crippen LogP contribution in [0.2, 0.25) is 0 Å². The third kappa shape index (κ3) is 5.33. The topological polar surface area (TPSA) is 93.7 Å². The van der Waals surface area contributed by atoms with Crippen molar-refractivity contribution in [1.82, 2.24) is 10.0 Å². The van der Waals surface area contributed by atoms with Crippen LogP contribution in [0.25, 0.3) is 0 Å². The number of amides is 1. The molecule has 0 radical (unpaired) electrons. The maximum absolute atomic E-state index is 12.1. The highest BCUT2D eigenvalue weighted by molar-refractivity contribution is 7.89. The molecule has 8 heteroatoms. The molecule has 0 bridgehead atoms. The number of aryl methyl sites for hydroxylation is 1. The Labute approximate surface area is 124 Å². The molecule has 0 fully saturated rings. The van der Waals surface area contributed by atoms with Gasteiger partial charge in [-0.15, -0.1) is 0 Å². The number of methoxy groups -OCH3 is 2. The van der Waals surface area contributed by atoms with Crippen molar-refractivity contribution < 1.29 is 22.7 Å². The van der Waals surface area contributed by atoms with Crippen molar-refractivity contribution in [3.05, 3.63) is 23.8 Å². The van der Waals surface area contributed by atoms with Gasteiger partial charge in [0.1, 0.15) is 5.75 Å². The summed E-state index contributed by atoms with van der Waals surface area (Å²) in [5, 5.41) is 2.53. The van der Waals surface area contributed by atoms with Gasteiger partial charge in [-0.2, -0.15) is 0 Å². The van der Waals surface area contributed by atoms with Gasteiger partial charge in [-0.05, 0) is 30.7 Å². The number of hydrogen-bond donors (Lipinski definition) is 2. The lowest BCUT2D eigenvalue weighted by molar-refractivity contribution is -0.120. The van der Waals surface area contributed by atoms with Crippen molar-refractivity contribution in [1.29, 1.82) is 0 Å². The Morgan fingerprint density at radius 2 is 2.00 bits per heavy atom. The quantitative estimate of drug-likeness (QED) is 0.661. The molecule has 2 N–H and O–H groups in total. The molecule has 21 heavy (non-hydrogen) atoms. The monoisotopic (exact) mass is 316 g/mol. The van der Waals surface area contributed by atoms with E-state index >= 15 is 0 Å². The molecular formula is C13H20N2O5S. The number of rotatable bonds is 8. The molecule has 1 aromatic rings. The minimum Gasteiger partial charge on any atom is -0.497 e. The Kier molecular flexibility index (Phi) is 6.60. The molecule has 1 rings (SSSR count). The fraction of sp³-hybridized carbons (Fsp3) is 0.462. The smallest absolute Gasteiger partial charge is 0.241 e. The van der Waals surface area contributed by atoms with Crippen LogP contribution in [0.4, 0.5) is 0 Å². The van der Waals surface area contributed by atoms with E-state index in [1.54, 1.807) is 19.1 Å². The predicted octanol–water partition coefficient (Wildman–Crippen LogP) is 0.0445. The lowest BCUT2D eigenvalue weighted by Crippen LogP contribution is -2.38. The van der Waals surface area contributed by atoms with Crippen LogP contribution in [0, 0.1) is 6.92 Å². The van der Waals surface area contributed by atoms with Gasteiger partial charge in [0.05, 0.1) is 25.2 Å². The van der Waals surface area contributed by atoms with Crippen molar-refractivity contribution in [2.24, 2.45) is 0 Å². The fourth-order valence-electron chi connectivity index (χ4n) is 1.64. The minimum absolute atomic E-state index is 0.119. The van der Waals surface area contributed by atoms with Gasteiger partial charge in [0.15, 0.2) is 0 Å². The van der Waals surface area contributed by atoms with Crippen LogP contribution in [0.3, 0.4) is 0 Å². The first-order valence-electron chi connectivity index (χ1n) is 6.30. The summed E-state index contributed by atoms with van der Waals surface area (Å²) in [7, 11) is -0.719. The third-order valence-corrected chi connectivity index (χ3v) is 4.28. The third-order valence-electron chi connectivity index (χ3n) is 2.72. The van der Waals surface area contributed by atoms with Crippen LogP contribution < -0.4 is 14.8 Å².